The van der Waals surface area contributed by atoms with Gasteiger partial charge in [0, 0.05) is 6.42 Å². The van der Waals surface area contributed by atoms with Crippen molar-refractivity contribution in [1.29, 1.82) is 0 Å². The third kappa shape index (κ3) is 6.41. The number of hydrogen-bond acceptors (Lipinski definition) is 3. The summed E-state index contributed by atoms with van der Waals surface area (Å²) < 4.78 is 6.15. The van der Waals surface area contributed by atoms with Gasteiger partial charge in [0.2, 0.25) is 9.04 Å². The van der Waals surface area contributed by atoms with Gasteiger partial charge in [-0.1, -0.05) is 81.4 Å². The smallest absolute Gasteiger partial charge is 0.331 e. The highest BCUT2D eigenvalue weighted by Crippen LogP contribution is 2.23. The molecule has 0 radical (unpaired) electrons. The van der Waals surface area contributed by atoms with E-state index in [1.165, 1.54) is 0 Å². The SMILES string of the molecule is CC(C)(C)C[C@H](O)CC(O[SiH](c1ccccc1)c1ccccc1)C(=O)O. The minimum absolute atomic E-state index is 0.0713. The lowest BCUT2D eigenvalue weighted by molar-refractivity contribution is -0.146. The first-order valence-corrected chi connectivity index (χ1v) is 10.5. The third-order valence-corrected chi connectivity index (χ3v) is 6.70. The van der Waals surface area contributed by atoms with Crippen LogP contribution in [0.15, 0.2) is 60.7 Å². The van der Waals surface area contributed by atoms with Crippen molar-refractivity contribution >= 4 is 25.4 Å². The average molecular weight is 373 g/mol. The molecule has 2 rings (SSSR count). The molecule has 2 aromatic rings. The Morgan fingerprint density at radius 1 is 1.00 bits per heavy atom. The van der Waals surface area contributed by atoms with Crippen molar-refractivity contribution in [2.75, 3.05) is 0 Å². The largest absolute Gasteiger partial charge is 0.479 e. The van der Waals surface area contributed by atoms with Crippen LogP contribution in [0.4, 0.5) is 0 Å². The van der Waals surface area contributed by atoms with Crippen molar-refractivity contribution in [3.63, 3.8) is 0 Å². The molecule has 0 spiro atoms. The summed E-state index contributed by atoms with van der Waals surface area (Å²) in [7, 11) is -2.17. The van der Waals surface area contributed by atoms with E-state index in [9.17, 15) is 15.0 Å². The lowest BCUT2D eigenvalue weighted by Crippen LogP contribution is -2.49. The van der Waals surface area contributed by atoms with E-state index in [-0.39, 0.29) is 11.8 Å². The molecule has 2 aromatic carbocycles. The van der Waals surface area contributed by atoms with E-state index in [1.54, 1.807) is 0 Å². The Hall–Kier alpha value is -1.95. The fourth-order valence-electron chi connectivity index (χ4n) is 3.02. The molecule has 0 bridgehead atoms. The number of carbonyl (C=O) groups is 1. The summed E-state index contributed by atoms with van der Waals surface area (Å²) in [5.74, 6) is -1.03. The van der Waals surface area contributed by atoms with Crippen LogP contribution in [-0.2, 0) is 9.22 Å². The second-order valence-corrected chi connectivity index (χ2v) is 10.2. The maximum Gasteiger partial charge on any atom is 0.331 e. The molecule has 4 nitrogen and oxygen atoms in total. The van der Waals surface area contributed by atoms with Crippen molar-refractivity contribution in [2.24, 2.45) is 5.41 Å². The Bertz CT molecular complexity index is 643. The van der Waals surface area contributed by atoms with Crippen LogP contribution in [-0.4, -0.2) is 37.4 Å². The number of carboxylic acids is 1. The summed E-state index contributed by atoms with van der Waals surface area (Å²) in [6.45, 7) is 6.08. The molecule has 0 heterocycles. The second kappa shape index (κ2) is 9.12. The Labute approximate surface area is 157 Å². The summed E-state index contributed by atoms with van der Waals surface area (Å²) in [4.78, 5) is 11.8. The highest BCUT2D eigenvalue weighted by molar-refractivity contribution is 6.80. The lowest BCUT2D eigenvalue weighted by Gasteiger charge is -2.27. The fourth-order valence-corrected chi connectivity index (χ4v) is 5.42. The minimum atomic E-state index is -2.17. The molecule has 5 heteroatoms. The van der Waals surface area contributed by atoms with Crippen molar-refractivity contribution < 1.29 is 19.4 Å². The van der Waals surface area contributed by atoms with Gasteiger partial charge in [0.1, 0.15) is 6.10 Å². The van der Waals surface area contributed by atoms with E-state index in [1.807, 2.05) is 81.4 Å². The molecule has 140 valence electrons. The minimum Gasteiger partial charge on any atom is -0.479 e. The second-order valence-electron chi connectivity index (χ2n) is 7.82. The van der Waals surface area contributed by atoms with Gasteiger partial charge in [0.25, 0.3) is 0 Å². The Morgan fingerprint density at radius 2 is 1.46 bits per heavy atom. The van der Waals surface area contributed by atoms with Crippen molar-refractivity contribution in [3.8, 4) is 0 Å². The maximum atomic E-state index is 11.8. The average Bonchev–Trinajstić information content (AvgIpc) is 2.58. The molecular weight excluding hydrogens is 344 g/mol. The van der Waals surface area contributed by atoms with Gasteiger partial charge in [0.05, 0.1) is 6.10 Å². The number of aliphatic hydroxyl groups excluding tert-OH is 1. The van der Waals surface area contributed by atoms with Crippen LogP contribution in [0.3, 0.4) is 0 Å². The van der Waals surface area contributed by atoms with E-state index >= 15 is 0 Å². The summed E-state index contributed by atoms with van der Waals surface area (Å²) in [6, 6.07) is 19.5. The topological polar surface area (TPSA) is 66.8 Å². The van der Waals surface area contributed by atoms with Crippen LogP contribution < -0.4 is 10.4 Å². The van der Waals surface area contributed by atoms with Gasteiger partial charge in [-0.25, -0.2) is 4.79 Å². The first kappa shape index (κ1) is 20.4. The van der Waals surface area contributed by atoms with E-state index in [0.717, 1.165) is 10.4 Å². The fraction of sp³-hybridized carbons (Fsp3) is 0.381. The number of hydrogen-bond donors (Lipinski definition) is 2. The van der Waals surface area contributed by atoms with Gasteiger partial charge in [-0.2, -0.15) is 0 Å². The predicted octanol–water partition coefficient (Wildman–Crippen LogP) is 2.18. The van der Waals surface area contributed by atoms with Crippen LogP contribution in [0.2, 0.25) is 0 Å². The van der Waals surface area contributed by atoms with Crippen molar-refractivity contribution in [1.82, 2.24) is 0 Å². The molecule has 0 aliphatic heterocycles. The normalized spacial score (nSPS) is 14.2. The zero-order valence-electron chi connectivity index (χ0n) is 15.6. The molecule has 2 N–H and O–H groups in total. The summed E-state index contributed by atoms with van der Waals surface area (Å²) in [5.41, 5.74) is -0.0713. The molecule has 0 aromatic heterocycles. The highest BCUT2D eigenvalue weighted by Gasteiger charge is 2.30. The molecule has 26 heavy (non-hydrogen) atoms. The number of aliphatic carboxylic acids is 1. The van der Waals surface area contributed by atoms with Gasteiger partial charge in [0.15, 0.2) is 0 Å². The standard InChI is InChI=1S/C21H28O4Si/c1-21(2,3)15-16(22)14-19(20(23)24)25-26(17-10-6-4-7-11-17)18-12-8-5-9-13-18/h4-13,16,19,22,26H,14-15H2,1-3H3,(H,23,24)/t16-,19?/m1/s1. The summed E-state index contributed by atoms with van der Waals surface area (Å²) in [6.07, 6.45) is -1.11. The van der Waals surface area contributed by atoms with E-state index in [2.05, 4.69) is 0 Å². The predicted molar refractivity (Wildman–Crippen MR) is 107 cm³/mol. The number of carboxylic acid groups (broad SMARTS) is 1. The number of aliphatic hydroxyl groups is 1. The van der Waals surface area contributed by atoms with Gasteiger partial charge in [-0.3, -0.25) is 0 Å². The molecule has 0 aliphatic rings. The van der Waals surface area contributed by atoms with Crippen LogP contribution >= 0.6 is 0 Å². The van der Waals surface area contributed by atoms with Crippen LogP contribution in [0.5, 0.6) is 0 Å². The van der Waals surface area contributed by atoms with Crippen molar-refractivity contribution in [2.45, 2.75) is 45.8 Å². The molecule has 1 unspecified atom stereocenters. The quantitative estimate of drug-likeness (QED) is 0.697. The Kier molecular flexibility index (Phi) is 7.14. The van der Waals surface area contributed by atoms with Crippen LogP contribution in [0.25, 0.3) is 0 Å². The number of rotatable bonds is 8. The van der Waals surface area contributed by atoms with Gasteiger partial charge < -0.3 is 14.6 Å². The van der Waals surface area contributed by atoms with Gasteiger partial charge in [-0.15, -0.1) is 0 Å². The van der Waals surface area contributed by atoms with E-state index in [0.29, 0.717) is 6.42 Å². The molecular formula is C21H28O4Si. The summed E-state index contributed by atoms with van der Waals surface area (Å²) in [5, 5.41) is 22.0. The molecule has 0 saturated heterocycles. The molecule has 0 aliphatic carbocycles. The molecule has 0 saturated carbocycles. The van der Waals surface area contributed by atoms with Crippen LogP contribution in [0, 0.1) is 5.41 Å². The van der Waals surface area contributed by atoms with E-state index < -0.39 is 27.2 Å². The first-order valence-electron chi connectivity index (χ1n) is 8.92. The van der Waals surface area contributed by atoms with Crippen molar-refractivity contribution in [3.05, 3.63) is 60.7 Å². The first-order chi connectivity index (χ1) is 12.3. The maximum absolute atomic E-state index is 11.8. The zero-order valence-corrected chi connectivity index (χ0v) is 16.8. The highest BCUT2D eigenvalue weighted by atomic mass is 28.3. The number of benzene rings is 2. The van der Waals surface area contributed by atoms with Gasteiger partial charge in [-0.05, 0) is 22.2 Å². The third-order valence-electron chi connectivity index (χ3n) is 4.11. The molecule has 0 amide bonds. The van der Waals surface area contributed by atoms with E-state index in [4.69, 9.17) is 4.43 Å². The molecule has 2 atom stereocenters. The monoisotopic (exact) mass is 372 g/mol. The van der Waals surface area contributed by atoms with Crippen LogP contribution in [0.1, 0.15) is 33.6 Å². The lowest BCUT2D eigenvalue weighted by atomic mass is 9.87. The Balaban J connectivity index is 2.22. The van der Waals surface area contributed by atoms with Gasteiger partial charge >= 0.3 is 5.97 Å². The molecule has 0 fully saturated rings. The Morgan fingerprint density at radius 3 is 1.85 bits per heavy atom. The summed E-state index contributed by atoms with van der Waals surface area (Å²) >= 11 is 0. The zero-order chi connectivity index (χ0) is 19.2.